The van der Waals surface area contributed by atoms with Crippen molar-refractivity contribution in [1.29, 1.82) is 0 Å². The van der Waals surface area contributed by atoms with E-state index in [1.54, 1.807) is 19.3 Å². The molecule has 3 saturated heterocycles. The Hall–Kier alpha value is -1.85. The lowest BCUT2D eigenvalue weighted by Gasteiger charge is -2.52. The van der Waals surface area contributed by atoms with Crippen molar-refractivity contribution in [2.24, 2.45) is 23.7 Å². The third kappa shape index (κ3) is 6.14. The molecule has 13 unspecified atom stereocenters. The molecule has 44 heavy (non-hydrogen) atoms. The van der Waals surface area contributed by atoms with Gasteiger partial charge in [-0.25, -0.2) is 0 Å². The van der Waals surface area contributed by atoms with Gasteiger partial charge in [0.05, 0.1) is 31.0 Å². The molecule has 3 fully saturated rings. The zero-order chi connectivity index (χ0) is 32.0. The molecule has 0 saturated carbocycles. The van der Waals surface area contributed by atoms with Crippen molar-refractivity contribution in [1.82, 2.24) is 0 Å². The molecule has 246 valence electrons. The molecule has 2 bridgehead atoms. The van der Waals surface area contributed by atoms with Gasteiger partial charge in [-0.05, 0) is 42.9 Å². The van der Waals surface area contributed by atoms with Crippen molar-refractivity contribution in [2.75, 3.05) is 13.7 Å². The second-order valence-electron chi connectivity index (χ2n) is 13.9. The van der Waals surface area contributed by atoms with Crippen molar-refractivity contribution < 1.29 is 43.8 Å². The van der Waals surface area contributed by atoms with Crippen LogP contribution in [-0.2, 0) is 28.5 Å². The lowest BCUT2D eigenvalue weighted by Crippen LogP contribution is -2.60. The smallest absolute Gasteiger partial charge is 0.316 e. The van der Waals surface area contributed by atoms with Crippen LogP contribution in [0, 0.1) is 23.7 Å². The number of ether oxygens (including phenoxy) is 5. The summed E-state index contributed by atoms with van der Waals surface area (Å²) in [4.78, 5) is 14.1. The molecule has 0 amide bonds. The third-order valence-corrected chi connectivity index (χ3v) is 10.8. The highest BCUT2D eigenvalue weighted by atomic mass is 16.7. The first kappa shape index (κ1) is 33.5. The molecule has 4 heterocycles. The van der Waals surface area contributed by atoms with Crippen LogP contribution in [0.3, 0.4) is 0 Å². The summed E-state index contributed by atoms with van der Waals surface area (Å²) in [5.41, 5.74) is 0.483. The van der Waals surface area contributed by atoms with Crippen molar-refractivity contribution in [3.8, 4) is 0 Å². The summed E-state index contributed by atoms with van der Waals surface area (Å²) in [5, 5.41) is 34.6. The molecule has 13 atom stereocenters. The van der Waals surface area contributed by atoms with E-state index in [4.69, 9.17) is 23.7 Å². The predicted molar refractivity (Wildman–Crippen MR) is 164 cm³/mol. The lowest BCUT2D eigenvalue weighted by molar-refractivity contribution is -0.354. The fourth-order valence-corrected chi connectivity index (χ4v) is 7.86. The molecule has 1 aliphatic carbocycles. The normalized spacial score (nSPS) is 45.6. The van der Waals surface area contributed by atoms with Crippen LogP contribution < -0.4 is 0 Å². The summed E-state index contributed by atoms with van der Waals surface area (Å²) in [7, 11) is 1.57. The first-order valence-corrected chi connectivity index (χ1v) is 16.3. The van der Waals surface area contributed by atoms with Gasteiger partial charge in [0, 0.05) is 38.2 Å². The number of hydrogen-bond acceptors (Lipinski definition) is 9. The van der Waals surface area contributed by atoms with Crippen LogP contribution in [0.4, 0.5) is 0 Å². The van der Waals surface area contributed by atoms with Gasteiger partial charge in [-0.1, -0.05) is 64.5 Å². The largest absolute Gasteiger partial charge is 0.462 e. The van der Waals surface area contributed by atoms with Gasteiger partial charge in [-0.3, -0.25) is 4.79 Å². The van der Waals surface area contributed by atoms with E-state index in [0.29, 0.717) is 18.4 Å². The van der Waals surface area contributed by atoms with Crippen LogP contribution in [0.25, 0.3) is 0 Å². The third-order valence-electron chi connectivity index (χ3n) is 10.8. The SMILES string of the molecule is CCC(C)C1OC2(CC3CC(CC=C(C)C(O)C(C)C=CC=C4COC5C(OC)C(C)=CC(C(=O)O3)C45O)O2)CC(O)C1C. The fourth-order valence-electron chi connectivity index (χ4n) is 7.86. The second kappa shape index (κ2) is 13.1. The monoisotopic (exact) mass is 616 g/mol. The Labute approximate surface area is 261 Å². The quantitative estimate of drug-likeness (QED) is 0.317. The Bertz CT molecular complexity index is 1190. The van der Waals surface area contributed by atoms with E-state index in [2.05, 4.69) is 13.8 Å². The van der Waals surface area contributed by atoms with Crippen LogP contribution >= 0.6 is 0 Å². The second-order valence-corrected chi connectivity index (χ2v) is 13.9. The van der Waals surface area contributed by atoms with Gasteiger partial charge in [-0.15, -0.1) is 0 Å². The number of methoxy groups -OCH3 is 1. The van der Waals surface area contributed by atoms with Gasteiger partial charge in [0.1, 0.15) is 29.8 Å². The van der Waals surface area contributed by atoms with E-state index >= 15 is 0 Å². The number of aliphatic hydroxyl groups excluding tert-OH is 2. The average molecular weight is 617 g/mol. The molecular formula is C35H52O9. The summed E-state index contributed by atoms with van der Waals surface area (Å²) >= 11 is 0. The standard InChI is InChI=1S/C35H52O9/c1-8-19(2)30-23(6)28(36)17-34(44-30)16-26-15-25(43-34)13-12-21(4)29(37)20(3)10-9-11-24-18-41-32-31(40-7)22(5)14-27(33(38)42-26)35(24,32)39/h9-12,14,19-20,23,25-32,36-37,39H,8,13,15-18H2,1-7H3. The van der Waals surface area contributed by atoms with Crippen LogP contribution in [0.2, 0.25) is 0 Å². The summed E-state index contributed by atoms with van der Waals surface area (Å²) in [5.74, 6) is -2.76. The van der Waals surface area contributed by atoms with E-state index in [1.165, 1.54) is 0 Å². The molecule has 0 radical (unpaired) electrons. The highest BCUT2D eigenvalue weighted by Crippen LogP contribution is 2.48. The van der Waals surface area contributed by atoms with Gasteiger partial charge >= 0.3 is 5.97 Å². The summed E-state index contributed by atoms with van der Waals surface area (Å²) in [6.07, 6.45) is 7.72. The molecule has 0 aromatic carbocycles. The molecule has 0 aromatic heterocycles. The molecule has 1 spiro atoms. The molecule has 3 N–H and O–H groups in total. The van der Waals surface area contributed by atoms with Gasteiger partial charge < -0.3 is 39.0 Å². The van der Waals surface area contributed by atoms with Gasteiger partial charge in [0.2, 0.25) is 0 Å². The Kier molecular flexibility index (Phi) is 9.98. The number of aliphatic hydroxyl groups is 3. The van der Waals surface area contributed by atoms with E-state index in [9.17, 15) is 20.1 Å². The van der Waals surface area contributed by atoms with Crippen molar-refractivity contribution in [2.45, 2.75) is 128 Å². The number of hydrogen-bond donors (Lipinski definition) is 3. The molecule has 5 rings (SSSR count). The lowest BCUT2D eigenvalue weighted by atomic mass is 9.70. The van der Waals surface area contributed by atoms with Crippen LogP contribution in [0.5, 0.6) is 0 Å². The van der Waals surface area contributed by atoms with Crippen LogP contribution in [0.15, 0.2) is 47.1 Å². The predicted octanol–water partition coefficient (Wildman–Crippen LogP) is 4.16. The minimum atomic E-state index is -1.67. The summed E-state index contributed by atoms with van der Waals surface area (Å²) in [6.45, 7) is 12.1. The Balaban J connectivity index is 1.55. The number of rotatable bonds is 3. The first-order chi connectivity index (χ1) is 20.8. The summed E-state index contributed by atoms with van der Waals surface area (Å²) in [6, 6.07) is 0. The van der Waals surface area contributed by atoms with Crippen LogP contribution in [0.1, 0.15) is 73.6 Å². The number of carbonyl (C=O) groups is 1. The minimum absolute atomic E-state index is 0.0687. The Morgan fingerprint density at radius 1 is 1.11 bits per heavy atom. The van der Waals surface area contributed by atoms with Crippen molar-refractivity contribution in [3.63, 3.8) is 0 Å². The maximum atomic E-state index is 14.1. The van der Waals surface area contributed by atoms with E-state index in [1.807, 2.05) is 45.9 Å². The molecular weight excluding hydrogens is 564 g/mol. The number of fused-ring (bicyclic) bond motifs is 2. The first-order valence-electron chi connectivity index (χ1n) is 16.3. The zero-order valence-electron chi connectivity index (χ0n) is 27.3. The average Bonchev–Trinajstić information content (AvgIpc) is 3.32. The van der Waals surface area contributed by atoms with E-state index in [0.717, 1.165) is 17.6 Å². The maximum Gasteiger partial charge on any atom is 0.316 e. The zero-order valence-corrected chi connectivity index (χ0v) is 27.3. The Morgan fingerprint density at radius 3 is 2.57 bits per heavy atom. The molecule has 5 aliphatic rings. The number of carbonyl (C=O) groups excluding carboxylic acids is 1. The molecule has 9 heteroatoms. The van der Waals surface area contributed by atoms with Gasteiger partial charge in [0.15, 0.2) is 5.79 Å². The van der Waals surface area contributed by atoms with Gasteiger partial charge in [-0.2, -0.15) is 0 Å². The molecule has 0 aromatic rings. The van der Waals surface area contributed by atoms with E-state index in [-0.39, 0.29) is 49.4 Å². The Morgan fingerprint density at radius 2 is 1.86 bits per heavy atom. The maximum absolute atomic E-state index is 14.1. The fraction of sp³-hybridized carbons (Fsp3) is 0.743. The van der Waals surface area contributed by atoms with Gasteiger partial charge in [0.25, 0.3) is 0 Å². The molecule has 9 nitrogen and oxygen atoms in total. The number of esters is 1. The van der Waals surface area contributed by atoms with E-state index < -0.39 is 53.8 Å². The minimum Gasteiger partial charge on any atom is -0.462 e. The summed E-state index contributed by atoms with van der Waals surface area (Å²) < 4.78 is 31.5. The highest BCUT2D eigenvalue weighted by Gasteiger charge is 2.60. The van der Waals surface area contributed by atoms with Crippen molar-refractivity contribution >= 4 is 5.97 Å². The molecule has 4 aliphatic heterocycles. The van der Waals surface area contributed by atoms with Crippen LogP contribution in [-0.4, -0.2) is 89.1 Å². The topological polar surface area (TPSA) is 124 Å². The number of allylic oxidation sites excluding steroid dienone is 2. The highest BCUT2D eigenvalue weighted by molar-refractivity contribution is 5.78. The van der Waals surface area contributed by atoms with Crippen molar-refractivity contribution in [3.05, 3.63) is 47.1 Å².